The number of aromatic amines is 14. The van der Waals surface area contributed by atoms with Crippen molar-refractivity contribution in [1.82, 2.24) is 121 Å². The number of carboxylic acid groups (broad SMARTS) is 1. The van der Waals surface area contributed by atoms with Crippen molar-refractivity contribution in [2.24, 2.45) is 0 Å². The van der Waals surface area contributed by atoms with Gasteiger partial charge >= 0.3 is 5.97 Å². The summed E-state index contributed by atoms with van der Waals surface area (Å²) in [5.41, 5.74) is 10.2. The van der Waals surface area contributed by atoms with Crippen molar-refractivity contribution in [2.75, 3.05) is 11.5 Å². The van der Waals surface area contributed by atoms with Crippen LogP contribution in [0.15, 0.2) is 12.7 Å². The molecule has 0 aromatic carbocycles. The molecule has 20 N–H and O–H groups in total. The molecule has 8 heterocycles. The fourth-order valence-corrected chi connectivity index (χ4v) is 3.52. The largest absolute Gasteiger partial charge is 0.475 e. The van der Waals surface area contributed by atoms with Crippen LogP contribution in [0.3, 0.4) is 0 Å². The van der Waals surface area contributed by atoms with E-state index in [1.807, 2.05) is 20.8 Å². The van der Waals surface area contributed by atoms with Crippen LogP contribution in [0.5, 0.6) is 0 Å². The normalized spacial score (nSPS) is 8.75. The SMILES string of the molecule is C.C.C.Cc1nc(=S)[nH][nH]1.Cc1nc(=S)[nH][nH]1.Cc1nc(N)n[nH]1.Cc1ncn[nH]1.Nc1nc(=S)[nH][nH]1.O=C(O)c1nc(=S)[nH][nH]1.OCc1nc(=S)[nH][nH]1.S=c1nc[nH][nH]1. The molecule has 0 aliphatic rings. The maximum atomic E-state index is 10.1. The van der Waals surface area contributed by atoms with Gasteiger partial charge in [-0.2, -0.15) is 20.1 Å². The van der Waals surface area contributed by atoms with E-state index in [1.54, 1.807) is 6.92 Å². The molecule has 0 unspecified atom stereocenters. The van der Waals surface area contributed by atoms with Crippen molar-refractivity contribution in [2.45, 2.75) is 56.6 Å². The second-order valence-electron chi connectivity index (χ2n) is 9.33. The molecule has 8 aromatic heterocycles. The number of aliphatic hydroxyl groups excluding tert-OH is 1. The van der Waals surface area contributed by atoms with E-state index in [-0.39, 0.29) is 39.5 Å². The van der Waals surface area contributed by atoms with Crippen LogP contribution in [0.4, 0.5) is 11.9 Å². The Balaban J connectivity index is -0.000000616. The summed E-state index contributed by atoms with van der Waals surface area (Å²) in [6.45, 7) is 7.22. The first-order valence-corrected chi connectivity index (χ1v) is 17.2. The van der Waals surface area contributed by atoms with E-state index >= 15 is 0 Å². The van der Waals surface area contributed by atoms with Gasteiger partial charge in [0.15, 0.2) is 0 Å². The highest BCUT2D eigenvalue weighted by Crippen LogP contribution is 1.87. The molecule has 0 spiro atoms. The molecule has 0 radical (unpaired) electrons. The Morgan fingerprint density at radius 2 is 1.10 bits per heavy atom. The summed E-state index contributed by atoms with van der Waals surface area (Å²) in [6, 6.07) is 0. The van der Waals surface area contributed by atoms with Crippen molar-refractivity contribution in [3.8, 4) is 0 Å². The number of nitrogens with zero attached hydrogens (tertiary/aromatic N) is 10. The van der Waals surface area contributed by atoms with Gasteiger partial charge in [0.2, 0.25) is 46.3 Å². The molecule has 0 aliphatic carbocycles. The molecule has 0 amide bonds. The third-order valence-electron chi connectivity index (χ3n) is 4.74. The minimum absolute atomic E-state index is 0. The van der Waals surface area contributed by atoms with Crippen LogP contribution >= 0.6 is 73.3 Å². The molecular formula is C25H48N26O3S6. The van der Waals surface area contributed by atoms with E-state index in [9.17, 15) is 4.79 Å². The maximum absolute atomic E-state index is 10.1. The molecule has 0 saturated carbocycles. The van der Waals surface area contributed by atoms with Crippen LogP contribution in [-0.2, 0) is 6.61 Å². The molecule has 8 rings (SSSR count). The van der Waals surface area contributed by atoms with Crippen LogP contribution in [0.2, 0.25) is 0 Å². The van der Waals surface area contributed by atoms with E-state index in [4.69, 9.17) is 21.7 Å². The van der Waals surface area contributed by atoms with Gasteiger partial charge in [0, 0.05) is 0 Å². The van der Waals surface area contributed by atoms with Gasteiger partial charge in [-0.25, -0.2) is 29.7 Å². The molecule has 0 fully saturated rings. The van der Waals surface area contributed by atoms with E-state index in [0.717, 1.165) is 23.3 Å². The van der Waals surface area contributed by atoms with Crippen LogP contribution in [0, 0.1) is 56.3 Å². The van der Waals surface area contributed by atoms with Crippen molar-refractivity contribution in [3.05, 3.63) is 76.2 Å². The number of carboxylic acids is 1. The number of hydrogen-bond donors (Lipinski definition) is 18. The Morgan fingerprint density at radius 1 is 0.583 bits per heavy atom. The first-order valence-electron chi connectivity index (χ1n) is 14.8. The zero-order chi connectivity index (χ0) is 42.8. The van der Waals surface area contributed by atoms with E-state index in [1.165, 1.54) is 12.7 Å². The van der Waals surface area contributed by atoms with Gasteiger partial charge in [-0.1, -0.05) is 22.3 Å². The van der Waals surface area contributed by atoms with Crippen molar-refractivity contribution >= 4 is 91.2 Å². The Labute approximate surface area is 370 Å². The van der Waals surface area contributed by atoms with Crippen LogP contribution in [0.1, 0.15) is 62.0 Å². The Bertz CT molecular complexity index is 2440. The number of nitrogen functional groups attached to an aromatic ring is 2. The summed E-state index contributed by atoms with van der Waals surface area (Å²) in [5.74, 6) is 3.06. The summed E-state index contributed by atoms with van der Waals surface area (Å²) in [7, 11) is 0. The highest BCUT2D eigenvalue weighted by molar-refractivity contribution is 7.72. The Kier molecular flexibility index (Phi) is 31.2. The first kappa shape index (κ1) is 57.8. The lowest BCUT2D eigenvalue weighted by Gasteiger charge is -1.78. The van der Waals surface area contributed by atoms with Gasteiger partial charge in [0.25, 0.3) is 0 Å². The number of hydrogen-bond acceptors (Lipinski definition) is 20. The fraction of sp³-hybridized carbons (Fsp3) is 0.320. The second kappa shape index (κ2) is 32.4. The fourth-order valence-electron chi connectivity index (χ4n) is 2.58. The third-order valence-corrected chi connectivity index (χ3v) is 5.91. The number of nitrogens with one attached hydrogen (secondary N) is 14. The zero-order valence-corrected chi connectivity index (χ0v) is 34.6. The average Bonchev–Trinajstić information content (AvgIpc) is 4.00. The van der Waals surface area contributed by atoms with E-state index in [2.05, 4.69) is 195 Å². The summed E-state index contributed by atoms with van der Waals surface area (Å²) in [6.07, 6.45) is 2.98. The Morgan fingerprint density at radius 3 is 1.25 bits per heavy atom. The lowest BCUT2D eigenvalue weighted by Crippen LogP contribution is -1.98. The molecule has 35 heteroatoms. The monoisotopic (exact) mass is 952 g/mol. The summed E-state index contributed by atoms with van der Waals surface area (Å²) >= 11 is 27.5. The van der Waals surface area contributed by atoms with Crippen molar-refractivity contribution in [1.29, 1.82) is 0 Å². The molecule has 0 aliphatic heterocycles. The number of aryl methyl sites for hydroxylation is 4. The number of aromatic carboxylic acids is 1. The Hall–Kier alpha value is -6.53. The highest BCUT2D eigenvalue weighted by atomic mass is 32.1. The maximum Gasteiger partial charge on any atom is 0.373 e. The zero-order valence-electron chi connectivity index (χ0n) is 29.7. The number of H-pyrrole nitrogens is 14. The molecule has 0 bridgehead atoms. The molecular weight excluding hydrogens is 905 g/mol. The lowest BCUT2D eigenvalue weighted by atomic mass is 10.7. The van der Waals surface area contributed by atoms with Crippen molar-refractivity contribution < 1.29 is 15.0 Å². The third kappa shape index (κ3) is 28.8. The molecule has 60 heavy (non-hydrogen) atoms. The number of carbonyl (C=O) groups is 1. The van der Waals surface area contributed by atoms with Gasteiger partial charge in [-0.3, -0.25) is 71.4 Å². The van der Waals surface area contributed by atoms with E-state index in [0.29, 0.717) is 41.6 Å². The molecule has 8 aromatic rings. The standard InChI is InChI=1S/C3H6N4.C3H3N3O2S.C3H5N3OS.2C3H5N3S.C3H5N3.C2H4N4S.C2H3N3S.3CH4/c1-2-5-3(4)7-6-2;7-2(8)1-4-3(9)6-5-1;7-1-2-4-3(8)6-5-2;2*1-2-4-3(7)6-5-2;1-3-4-2-5-6-3;3-1-4-2(7)6-5-1;6-2-3-1-4-5-2;;;/h1H3,(H3,4,5,6,7);(H,7,8)(H2,4,5,6,9);7H,1H2,(H2,4,5,6,8);2*1H3,(H2,4,5,6,7);2H,1H3,(H,4,5,6);(H4,3,4,5,6,7);1H,(H2,3,4,5,6);3*1H4. The minimum atomic E-state index is -1.12. The number of aromatic nitrogens is 24. The summed E-state index contributed by atoms with van der Waals surface area (Å²) in [5, 5.41) is 59.7. The van der Waals surface area contributed by atoms with Crippen molar-refractivity contribution in [3.63, 3.8) is 0 Å². The number of anilines is 2. The van der Waals surface area contributed by atoms with Gasteiger partial charge in [-0.05, 0) is 101 Å². The highest BCUT2D eigenvalue weighted by Gasteiger charge is 2.03. The number of nitrogens with two attached hydrogens (primary N) is 2. The minimum Gasteiger partial charge on any atom is -0.475 e. The summed E-state index contributed by atoms with van der Waals surface area (Å²) < 4.78 is 2.42. The quantitative estimate of drug-likeness (QED) is 0.109. The first-order chi connectivity index (χ1) is 27.0. The van der Waals surface area contributed by atoms with Gasteiger partial charge in [0.05, 0.1) is 0 Å². The predicted molar refractivity (Wildman–Crippen MR) is 236 cm³/mol. The second-order valence-corrected chi connectivity index (χ2v) is 11.7. The molecule has 332 valence electrons. The topological polar surface area (TPSA) is 460 Å². The lowest BCUT2D eigenvalue weighted by molar-refractivity contribution is 0.0684. The van der Waals surface area contributed by atoms with Gasteiger partial charge in [-0.15, -0.1) is 5.10 Å². The number of aliphatic hydroxyl groups is 1. The van der Waals surface area contributed by atoms with Crippen LogP contribution < -0.4 is 11.5 Å². The van der Waals surface area contributed by atoms with Crippen LogP contribution in [0.25, 0.3) is 0 Å². The smallest absolute Gasteiger partial charge is 0.373 e. The molecule has 0 saturated heterocycles. The molecule has 0 atom stereocenters. The van der Waals surface area contributed by atoms with E-state index < -0.39 is 5.97 Å². The van der Waals surface area contributed by atoms with Crippen LogP contribution in [-0.4, -0.2) is 138 Å². The average molecular weight is 953 g/mol. The molecule has 29 nitrogen and oxygen atoms in total. The number of rotatable bonds is 2. The van der Waals surface area contributed by atoms with Gasteiger partial charge < -0.3 is 21.7 Å². The van der Waals surface area contributed by atoms with Gasteiger partial charge in [0.1, 0.15) is 48.4 Å². The summed E-state index contributed by atoms with van der Waals surface area (Å²) in [4.78, 5) is 39.5. The predicted octanol–water partition coefficient (Wildman–Crippen LogP) is 3.91.